The largest absolute Gasteiger partial charge is 0.458 e. The molecule has 4 aliphatic carbocycles. The maximum atomic E-state index is 12.7. The van der Waals surface area contributed by atoms with Crippen LogP contribution in [0.5, 0.6) is 0 Å². The van der Waals surface area contributed by atoms with Crippen LogP contribution in [0.3, 0.4) is 0 Å². The van der Waals surface area contributed by atoms with Crippen LogP contribution in [-0.4, -0.2) is 29.6 Å². The number of esters is 1. The highest BCUT2D eigenvalue weighted by molar-refractivity contribution is 5.91. The molecule has 6 atom stereocenters. The van der Waals surface area contributed by atoms with Crippen LogP contribution >= 0.6 is 0 Å². The lowest BCUT2D eigenvalue weighted by Crippen LogP contribution is -2.53. The van der Waals surface area contributed by atoms with Gasteiger partial charge in [0.05, 0.1) is 12.2 Å². The van der Waals surface area contributed by atoms with Gasteiger partial charge in [0.15, 0.2) is 5.78 Å². The number of ketones is 1. The Balaban J connectivity index is 1.38. The van der Waals surface area contributed by atoms with Crippen LogP contribution in [0.1, 0.15) is 68.6 Å². The van der Waals surface area contributed by atoms with Crippen LogP contribution in [0.15, 0.2) is 42.0 Å². The van der Waals surface area contributed by atoms with E-state index in [1.165, 1.54) is 5.57 Å². The normalized spacial score (nSPS) is 40.1. The molecule has 0 saturated heterocycles. The Morgan fingerprint density at radius 2 is 1.87 bits per heavy atom. The molecule has 1 N–H and O–H groups in total. The van der Waals surface area contributed by atoms with Gasteiger partial charge in [-0.2, -0.15) is 0 Å². The van der Waals surface area contributed by atoms with Crippen LogP contribution in [0.25, 0.3) is 0 Å². The molecule has 3 saturated carbocycles. The van der Waals surface area contributed by atoms with Crippen LogP contribution < -0.4 is 0 Å². The van der Waals surface area contributed by atoms with E-state index in [-0.39, 0.29) is 35.3 Å². The van der Waals surface area contributed by atoms with Crippen LogP contribution in [-0.2, 0) is 9.53 Å². The van der Waals surface area contributed by atoms with Gasteiger partial charge in [-0.1, -0.05) is 30.7 Å². The second kappa shape index (κ2) is 7.33. The summed E-state index contributed by atoms with van der Waals surface area (Å²) in [5, 5.41) is 10.5. The number of rotatable bonds is 3. The molecular weight excluding hydrogens is 376 g/mol. The van der Waals surface area contributed by atoms with Crippen molar-refractivity contribution in [2.75, 3.05) is 6.61 Å². The van der Waals surface area contributed by atoms with Gasteiger partial charge in [0, 0.05) is 17.3 Å². The number of ether oxygens (including phenoxy) is 1. The molecular formula is C26H32O4. The first-order chi connectivity index (χ1) is 14.5. The monoisotopic (exact) mass is 408 g/mol. The highest BCUT2D eigenvalue weighted by Gasteiger charge is 2.61. The number of carbonyl (C=O) groups is 2. The van der Waals surface area contributed by atoms with Gasteiger partial charge in [-0.05, 0) is 80.9 Å². The number of carbonyl (C=O) groups excluding carboxylic acids is 2. The van der Waals surface area contributed by atoms with E-state index in [1.807, 2.05) is 36.4 Å². The second-order valence-electron chi connectivity index (χ2n) is 10.2. The Morgan fingerprint density at radius 1 is 1.07 bits per heavy atom. The predicted octanol–water partition coefficient (Wildman–Crippen LogP) is 4.72. The van der Waals surface area contributed by atoms with Crippen molar-refractivity contribution in [1.29, 1.82) is 0 Å². The molecule has 0 unspecified atom stereocenters. The average Bonchev–Trinajstić information content (AvgIpc) is 3.10. The molecule has 4 aliphatic rings. The van der Waals surface area contributed by atoms with Crippen LogP contribution in [0.2, 0.25) is 0 Å². The van der Waals surface area contributed by atoms with Crippen molar-refractivity contribution in [2.24, 2.45) is 28.6 Å². The topological polar surface area (TPSA) is 63.6 Å². The molecule has 3 fully saturated rings. The lowest BCUT2D eigenvalue weighted by molar-refractivity contribution is -0.120. The Kier molecular flexibility index (Phi) is 4.89. The van der Waals surface area contributed by atoms with Crippen molar-refractivity contribution in [1.82, 2.24) is 0 Å². The summed E-state index contributed by atoms with van der Waals surface area (Å²) in [7, 11) is 0. The summed E-state index contributed by atoms with van der Waals surface area (Å²) in [4.78, 5) is 24.7. The summed E-state index contributed by atoms with van der Waals surface area (Å²) in [5.74, 6) is 1.52. The second-order valence-corrected chi connectivity index (χ2v) is 10.2. The van der Waals surface area contributed by atoms with E-state index in [0.717, 1.165) is 44.9 Å². The minimum absolute atomic E-state index is 0.00789. The molecule has 0 aliphatic heterocycles. The molecule has 4 nitrogen and oxygen atoms in total. The molecule has 0 radical (unpaired) electrons. The summed E-state index contributed by atoms with van der Waals surface area (Å²) >= 11 is 0. The van der Waals surface area contributed by atoms with E-state index in [4.69, 9.17) is 4.74 Å². The third kappa shape index (κ3) is 2.90. The molecule has 1 aromatic rings. The van der Waals surface area contributed by atoms with Gasteiger partial charge >= 0.3 is 5.97 Å². The standard InChI is InChI=1S/C26H32O4/c1-25-13-12-22-20(8-7-18-15-19(28)11-14-26(18,22)16-27)21(25)9-10-23(25)30-24(29)17-5-3-2-4-6-17/h2-6,15,20-23,27H,7-14,16H2,1H3/t20-,21+,22+,23+,25+,26+/m1/s1. The smallest absolute Gasteiger partial charge is 0.338 e. The van der Waals surface area contributed by atoms with Gasteiger partial charge in [-0.25, -0.2) is 4.79 Å². The molecule has 1 aromatic carbocycles. The summed E-state index contributed by atoms with van der Waals surface area (Å²) in [5.41, 5.74) is 1.64. The summed E-state index contributed by atoms with van der Waals surface area (Å²) < 4.78 is 6.08. The molecule has 0 spiro atoms. The zero-order valence-electron chi connectivity index (χ0n) is 17.8. The van der Waals surface area contributed by atoms with Crippen molar-refractivity contribution >= 4 is 11.8 Å². The maximum absolute atomic E-state index is 12.7. The van der Waals surface area contributed by atoms with Crippen molar-refractivity contribution in [3.05, 3.63) is 47.5 Å². The number of benzene rings is 1. The molecule has 30 heavy (non-hydrogen) atoms. The van der Waals surface area contributed by atoms with Gasteiger partial charge in [0.2, 0.25) is 0 Å². The molecule has 0 bridgehead atoms. The molecule has 160 valence electrons. The third-order valence-corrected chi connectivity index (χ3v) is 9.14. The Morgan fingerprint density at radius 3 is 2.63 bits per heavy atom. The van der Waals surface area contributed by atoms with E-state index in [0.29, 0.717) is 29.7 Å². The fraction of sp³-hybridized carbons (Fsp3) is 0.615. The van der Waals surface area contributed by atoms with Crippen molar-refractivity contribution < 1.29 is 19.4 Å². The number of hydrogen-bond donors (Lipinski definition) is 1. The molecule has 0 aromatic heterocycles. The zero-order valence-corrected chi connectivity index (χ0v) is 17.8. The summed E-state index contributed by atoms with van der Waals surface area (Å²) in [6.07, 6.45) is 9.27. The SMILES string of the molecule is C[C@]12CC[C@H]3[C@H](CCC4=CC(=O)CC[C@]43CO)[C@@H]1CC[C@@H]2OC(=O)c1ccccc1. The van der Waals surface area contributed by atoms with E-state index >= 15 is 0 Å². The number of aliphatic hydroxyl groups is 1. The fourth-order valence-corrected chi connectivity index (χ4v) is 7.57. The first-order valence-electron chi connectivity index (χ1n) is 11.6. The summed E-state index contributed by atoms with van der Waals surface area (Å²) in [6.45, 7) is 2.48. The van der Waals surface area contributed by atoms with E-state index in [1.54, 1.807) is 0 Å². The van der Waals surface area contributed by atoms with E-state index < -0.39 is 0 Å². The first kappa shape index (κ1) is 20.0. The predicted molar refractivity (Wildman–Crippen MR) is 114 cm³/mol. The third-order valence-electron chi connectivity index (χ3n) is 9.14. The Labute approximate surface area is 178 Å². The minimum atomic E-state index is -0.212. The van der Waals surface area contributed by atoms with Crippen LogP contribution in [0.4, 0.5) is 0 Å². The van der Waals surface area contributed by atoms with Gasteiger partial charge in [0.25, 0.3) is 0 Å². The molecule has 0 heterocycles. The van der Waals surface area contributed by atoms with E-state index in [9.17, 15) is 14.7 Å². The fourth-order valence-electron chi connectivity index (χ4n) is 7.57. The number of fused-ring (bicyclic) bond motifs is 5. The Hall–Kier alpha value is -1.94. The van der Waals surface area contributed by atoms with Gasteiger partial charge in [0.1, 0.15) is 6.10 Å². The minimum Gasteiger partial charge on any atom is -0.458 e. The summed E-state index contributed by atoms with van der Waals surface area (Å²) in [6, 6.07) is 9.29. The van der Waals surface area contributed by atoms with Crippen LogP contribution in [0, 0.1) is 28.6 Å². The number of hydrogen-bond acceptors (Lipinski definition) is 4. The van der Waals surface area contributed by atoms with Crippen molar-refractivity contribution in [3.63, 3.8) is 0 Å². The average molecular weight is 409 g/mol. The van der Waals surface area contributed by atoms with Gasteiger partial charge in [-0.15, -0.1) is 0 Å². The highest BCUT2D eigenvalue weighted by Crippen LogP contribution is 2.65. The maximum Gasteiger partial charge on any atom is 0.338 e. The highest BCUT2D eigenvalue weighted by atomic mass is 16.5. The first-order valence-corrected chi connectivity index (χ1v) is 11.6. The number of aliphatic hydroxyl groups excluding tert-OH is 1. The molecule has 5 rings (SSSR count). The Bertz CT molecular complexity index is 874. The van der Waals surface area contributed by atoms with Gasteiger partial charge in [-0.3, -0.25) is 4.79 Å². The van der Waals surface area contributed by atoms with Crippen molar-refractivity contribution in [3.8, 4) is 0 Å². The van der Waals surface area contributed by atoms with Gasteiger partial charge < -0.3 is 9.84 Å². The van der Waals surface area contributed by atoms with Crippen molar-refractivity contribution in [2.45, 2.75) is 64.4 Å². The van der Waals surface area contributed by atoms with E-state index in [2.05, 4.69) is 6.92 Å². The molecule has 0 amide bonds. The molecule has 4 heteroatoms. The lowest BCUT2D eigenvalue weighted by atomic mass is 9.47. The quantitative estimate of drug-likeness (QED) is 0.736. The lowest BCUT2D eigenvalue weighted by Gasteiger charge is -2.58. The zero-order chi connectivity index (χ0) is 20.9.